The number of hydrogen-bond acceptors (Lipinski definition) is 6. The normalized spacial score (nSPS) is 19.0. The summed E-state index contributed by atoms with van der Waals surface area (Å²) in [7, 11) is 0. The Hall–Kier alpha value is -2.93. The van der Waals surface area contributed by atoms with Gasteiger partial charge in [-0.2, -0.15) is 5.10 Å². The number of carbonyl (C=O) groups is 2. The molecular weight excluding hydrogens is 362 g/mol. The summed E-state index contributed by atoms with van der Waals surface area (Å²) in [5, 5.41) is 19.0. The summed E-state index contributed by atoms with van der Waals surface area (Å²) < 4.78 is 0. The van der Waals surface area contributed by atoms with E-state index in [9.17, 15) is 14.7 Å². The standard InChI is InChI=1S/C20H19N3O3S/c1-13-8-10-15(11-9-13)14(2)21-22-20-23(16-6-4-3-5-7-16)19(26)17(27-20)12-18(24)25/h3-11,17H,12H2,1-2H3,(H,24,25)/p-1/b21-14-,22-20+/t17-/m1/s1. The highest BCUT2D eigenvalue weighted by molar-refractivity contribution is 8.16. The van der Waals surface area contributed by atoms with E-state index in [1.807, 2.05) is 44.2 Å². The number of hydrogen-bond donors (Lipinski definition) is 0. The average molecular weight is 380 g/mol. The first-order chi connectivity index (χ1) is 13.0. The maximum Gasteiger partial charge on any atom is 0.247 e. The van der Waals surface area contributed by atoms with Crippen LogP contribution in [0.5, 0.6) is 0 Å². The minimum Gasteiger partial charge on any atom is -0.550 e. The van der Waals surface area contributed by atoms with Gasteiger partial charge < -0.3 is 9.90 Å². The van der Waals surface area contributed by atoms with Crippen LogP contribution in [0.25, 0.3) is 0 Å². The molecule has 27 heavy (non-hydrogen) atoms. The maximum absolute atomic E-state index is 12.7. The number of carboxylic acids is 1. The van der Waals surface area contributed by atoms with Crippen molar-refractivity contribution in [3.8, 4) is 0 Å². The quantitative estimate of drug-likeness (QED) is 0.589. The molecule has 0 aromatic heterocycles. The third-order valence-electron chi connectivity index (χ3n) is 4.06. The molecule has 3 rings (SSSR count). The number of nitrogens with zero attached hydrogens (tertiary/aromatic N) is 3. The number of anilines is 1. The average Bonchev–Trinajstić information content (AvgIpc) is 2.96. The van der Waals surface area contributed by atoms with Crippen molar-refractivity contribution in [2.45, 2.75) is 25.5 Å². The van der Waals surface area contributed by atoms with Gasteiger partial charge in [-0.15, -0.1) is 5.10 Å². The van der Waals surface area contributed by atoms with Crippen LogP contribution in [0.15, 0.2) is 64.8 Å². The Kier molecular flexibility index (Phi) is 5.71. The Morgan fingerprint density at radius 1 is 1.15 bits per heavy atom. The Labute approximate surface area is 161 Å². The lowest BCUT2D eigenvalue weighted by atomic mass is 10.1. The van der Waals surface area contributed by atoms with E-state index < -0.39 is 11.2 Å². The fourth-order valence-electron chi connectivity index (χ4n) is 2.60. The number of carbonyl (C=O) groups excluding carboxylic acids is 2. The first-order valence-electron chi connectivity index (χ1n) is 8.40. The minimum absolute atomic E-state index is 0.336. The van der Waals surface area contributed by atoms with Crippen LogP contribution in [-0.2, 0) is 9.59 Å². The number of amides is 1. The highest BCUT2D eigenvalue weighted by atomic mass is 32.2. The van der Waals surface area contributed by atoms with Crippen molar-refractivity contribution in [3.05, 3.63) is 65.7 Å². The summed E-state index contributed by atoms with van der Waals surface area (Å²) in [5.74, 6) is -1.60. The van der Waals surface area contributed by atoms with Gasteiger partial charge >= 0.3 is 0 Å². The number of rotatable bonds is 5. The monoisotopic (exact) mass is 380 g/mol. The molecule has 1 aliphatic rings. The lowest BCUT2D eigenvalue weighted by Crippen LogP contribution is -2.35. The zero-order valence-electron chi connectivity index (χ0n) is 15.0. The van der Waals surface area contributed by atoms with E-state index in [2.05, 4.69) is 10.2 Å². The maximum atomic E-state index is 12.7. The minimum atomic E-state index is -1.27. The number of aliphatic carboxylic acids is 1. The predicted molar refractivity (Wildman–Crippen MR) is 106 cm³/mol. The van der Waals surface area contributed by atoms with Gasteiger partial charge in [-0.1, -0.05) is 59.8 Å². The molecule has 0 N–H and O–H groups in total. The molecule has 1 atom stereocenters. The van der Waals surface area contributed by atoms with Gasteiger partial charge in [-0.05, 0) is 31.5 Å². The molecule has 0 bridgehead atoms. The largest absolute Gasteiger partial charge is 0.550 e. The second-order valence-corrected chi connectivity index (χ2v) is 7.30. The van der Waals surface area contributed by atoms with Crippen LogP contribution in [-0.4, -0.2) is 28.0 Å². The first kappa shape index (κ1) is 18.8. The van der Waals surface area contributed by atoms with Crippen molar-refractivity contribution in [1.82, 2.24) is 0 Å². The van der Waals surface area contributed by atoms with E-state index >= 15 is 0 Å². The van der Waals surface area contributed by atoms with Gasteiger partial charge in [-0.25, -0.2) is 0 Å². The fourth-order valence-corrected chi connectivity index (χ4v) is 3.67. The molecule has 0 spiro atoms. The van der Waals surface area contributed by atoms with E-state index in [0.29, 0.717) is 16.6 Å². The summed E-state index contributed by atoms with van der Waals surface area (Å²) in [5.41, 5.74) is 3.40. The molecule has 0 unspecified atom stereocenters. The van der Waals surface area contributed by atoms with E-state index in [1.54, 1.807) is 24.3 Å². The van der Waals surface area contributed by atoms with Crippen LogP contribution in [0, 0.1) is 6.92 Å². The van der Waals surface area contributed by atoms with Crippen molar-refractivity contribution in [3.63, 3.8) is 0 Å². The molecule has 1 heterocycles. The summed E-state index contributed by atoms with van der Waals surface area (Å²) in [6.45, 7) is 3.84. The van der Waals surface area contributed by atoms with E-state index in [0.717, 1.165) is 22.9 Å². The number of carboxylic acid groups (broad SMARTS) is 1. The van der Waals surface area contributed by atoms with Crippen LogP contribution in [0.2, 0.25) is 0 Å². The second kappa shape index (κ2) is 8.18. The molecule has 1 amide bonds. The van der Waals surface area contributed by atoms with E-state index in [-0.39, 0.29) is 12.3 Å². The summed E-state index contributed by atoms with van der Waals surface area (Å²) in [6, 6.07) is 16.9. The number of aryl methyl sites for hydroxylation is 1. The molecule has 138 valence electrons. The molecule has 7 heteroatoms. The zero-order valence-corrected chi connectivity index (χ0v) is 15.8. The Morgan fingerprint density at radius 2 is 1.81 bits per heavy atom. The topological polar surface area (TPSA) is 85.2 Å². The van der Waals surface area contributed by atoms with Gasteiger partial charge in [0.25, 0.3) is 0 Å². The van der Waals surface area contributed by atoms with Crippen molar-refractivity contribution in [2.24, 2.45) is 10.2 Å². The van der Waals surface area contributed by atoms with Crippen LogP contribution < -0.4 is 10.0 Å². The summed E-state index contributed by atoms with van der Waals surface area (Å²) in [6.07, 6.45) is -0.369. The highest BCUT2D eigenvalue weighted by Gasteiger charge is 2.39. The Bertz CT molecular complexity index is 908. The first-order valence-corrected chi connectivity index (χ1v) is 9.28. The smallest absolute Gasteiger partial charge is 0.247 e. The Morgan fingerprint density at radius 3 is 2.44 bits per heavy atom. The van der Waals surface area contributed by atoms with Gasteiger partial charge in [0.05, 0.1) is 16.6 Å². The van der Waals surface area contributed by atoms with Crippen molar-refractivity contribution >= 4 is 40.2 Å². The Balaban J connectivity index is 1.93. The molecule has 2 aromatic rings. The third-order valence-corrected chi connectivity index (χ3v) is 5.18. The molecule has 1 saturated heterocycles. The van der Waals surface area contributed by atoms with Gasteiger partial charge in [0, 0.05) is 12.4 Å². The van der Waals surface area contributed by atoms with Crippen LogP contribution in [0.4, 0.5) is 5.69 Å². The molecule has 0 aliphatic carbocycles. The van der Waals surface area contributed by atoms with E-state index in [4.69, 9.17) is 0 Å². The summed E-state index contributed by atoms with van der Waals surface area (Å²) in [4.78, 5) is 25.1. The van der Waals surface area contributed by atoms with Crippen LogP contribution >= 0.6 is 11.8 Å². The van der Waals surface area contributed by atoms with Gasteiger partial charge in [-0.3, -0.25) is 9.69 Å². The second-order valence-electron chi connectivity index (χ2n) is 6.13. The van der Waals surface area contributed by atoms with Gasteiger partial charge in [0.15, 0.2) is 5.17 Å². The molecule has 0 radical (unpaired) electrons. The van der Waals surface area contributed by atoms with Crippen molar-refractivity contribution in [2.75, 3.05) is 4.90 Å². The lowest BCUT2D eigenvalue weighted by Gasteiger charge is -2.15. The molecular formula is C20H18N3O3S-. The number of thioether (sulfide) groups is 1. The molecule has 6 nitrogen and oxygen atoms in total. The third kappa shape index (κ3) is 4.43. The number of benzene rings is 2. The molecule has 1 aliphatic heterocycles. The SMILES string of the molecule is C/C(=N/N=C1/S[C@H](CC(=O)[O-])C(=O)N1c1ccccc1)c1ccc(C)cc1. The van der Waals surface area contributed by atoms with E-state index in [1.165, 1.54) is 4.90 Å². The van der Waals surface area contributed by atoms with Gasteiger partial charge in [0.1, 0.15) is 0 Å². The predicted octanol–water partition coefficient (Wildman–Crippen LogP) is 2.36. The van der Waals surface area contributed by atoms with Crippen molar-refractivity contribution < 1.29 is 14.7 Å². The molecule has 1 fully saturated rings. The number of amidine groups is 1. The molecule has 0 saturated carbocycles. The zero-order chi connectivity index (χ0) is 19.4. The van der Waals surface area contributed by atoms with Crippen LogP contribution in [0.1, 0.15) is 24.5 Å². The van der Waals surface area contributed by atoms with Crippen LogP contribution in [0.3, 0.4) is 0 Å². The fraction of sp³-hybridized carbons (Fsp3) is 0.200. The summed E-state index contributed by atoms with van der Waals surface area (Å²) >= 11 is 1.09. The number of para-hydroxylation sites is 1. The van der Waals surface area contributed by atoms with Crippen molar-refractivity contribution in [1.29, 1.82) is 0 Å². The highest BCUT2D eigenvalue weighted by Crippen LogP contribution is 2.33. The molecule has 2 aromatic carbocycles. The lowest BCUT2D eigenvalue weighted by molar-refractivity contribution is -0.305. The van der Waals surface area contributed by atoms with Gasteiger partial charge in [0.2, 0.25) is 5.91 Å².